The van der Waals surface area contributed by atoms with Crippen molar-refractivity contribution < 1.29 is 42.1 Å². The minimum Gasteiger partial charge on any atom is -0.462 e. The van der Waals surface area contributed by atoms with E-state index in [2.05, 4.69) is 86.8 Å². The Kier molecular flexibility index (Phi) is 38.1. The van der Waals surface area contributed by atoms with E-state index in [9.17, 15) is 19.0 Å². The summed E-state index contributed by atoms with van der Waals surface area (Å²) in [5.41, 5.74) is 0. The highest BCUT2D eigenvalue weighted by atomic mass is 31.2. The monoisotopic (exact) mass is 835 g/mol. The summed E-state index contributed by atoms with van der Waals surface area (Å²) in [6.45, 7) is 4.24. The number of phosphoric acid groups is 1. The number of nitrogens with zero attached hydrogens (tertiary/aromatic N) is 1. The topological polar surface area (TPSA) is 108 Å². The van der Waals surface area contributed by atoms with Crippen LogP contribution in [-0.2, 0) is 32.7 Å². The van der Waals surface area contributed by atoms with Gasteiger partial charge in [-0.25, -0.2) is 4.57 Å². The number of esters is 2. The second-order valence-corrected chi connectivity index (χ2v) is 17.5. The summed E-state index contributed by atoms with van der Waals surface area (Å²) in [6.07, 6.45) is 49.5. The molecule has 9 nitrogen and oxygen atoms in total. The highest BCUT2D eigenvalue weighted by Gasteiger charge is 2.27. The summed E-state index contributed by atoms with van der Waals surface area (Å²) in [4.78, 5) is 35.4. The van der Waals surface area contributed by atoms with Gasteiger partial charge in [-0.3, -0.25) is 18.6 Å². The molecule has 0 aliphatic heterocycles. The van der Waals surface area contributed by atoms with E-state index in [1.165, 1.54) is 44.9 Å². The lowest BCUT2D eigenvalue weighted by atomic mass is 10.1. The van der Waals surface area contributed by atoms with Gasteiger partial charge in [0, 0.05) is 12.8 Å². The molecule has 0 aromatic rings. The highest BCUT2D eigenvalue weighted by molar-refractivity contribution is 7.47. The van der Waals surface area contributed by atoms with Crippen LogP contribution in [0.1, 0.15) is 168 Å². The third-order valence-electron chi connectivity index (χ3n) is 9.22. The molecule has 1 unspecified atom stereocenters. The lowest BCUT2D eigenvalue weighted by Crippen LogP contribution is -2.37. The summed E-state index contributed by atoms with van der Waals surface area (Å²) in [7, 11) is 1.44. The van der Waals surface area contributed by atoms with E-state index in [0.29, 0.717) is 23.9 Å². The van der Waals surface area contributed by atoms with E-state index in [-0.39, 0.29) is 26.1 Å². The van der Waals surface area contributed by atoms with Gasteiger partial charge in [0.25, 0.3) is 0 Å². The number of carbonyl (C=O) groups is 2. The molecule has 58 heavy (non-hydrogen) atoms. The summed E-state index contributed by atoms with van der Waals surface area (Å²) in [5, 5.41) is 0. The van der Waals surface area contributed by atoms with Crippen molar-refractivity contribution in [3.63, 3.8) is 0 Å². The first kappa shape index (κ1) is 55.5. The smallest absolute Gasteiger partial charge is 0.462 e. The van der Waals surface area contributed by atoms with Crippen LogP contribution in [0.15, 0.2) is 72.9 Å². The maximum absolute atomic E-state index is 12.7. The Labute approximate surface area is 355 Å². The van der Waals surface area contributed by atoms with Crippen molar-refractivity contribution in [3.05, 3.63) is 72.9 Å². The van der Waals surface area contributed by atoms with E-state index in [1.807, 2.05) is 21.1 Å². The standard InChI is InChI=1S/C48H84NO8P/c1-6-8-10-12-14-16-18-20-22-23-24-25-27-28-30-32-34-36-38-40-47(50)54-44-46(45-56-58(52,53)55-43-42-49(3,4)5)57-48(51)41-39-37-35-33-31-29-26-21-19-17-15-13-11-9-7-2/h8,10,14,16,20-22,24-26,28,30,46H,6-7,9,11-13,15,17-19,23,27,29,31-45H2,1-5H3/p+1/b10-8-,16-14-,22-20-,25-24-,26-21-,30-28-/t46-/m1/s1. The van der Waals surface area contributed by atoms with Crippen molar-refractivity contribution in [2.45, 2.75) is 174 Å². The number of rotatable bonds is 40. The number of phosphoric ester groups is 1. The van der Waals surface area contributed by atoms with Crippen molar-refractivity contribution in [3.8, 4) is 0 Å². The third kappa shape index (κ3) is 43.0. The predicted octanol–water partition coefficient (Wildman–Crippen LogP) is 13.0. The molecule has 0 aromatic carbocycles. The molecule has 0 saturated heterocycles. The Balaban J connectivity index is 4.43. The largest absolute Gasteiger partial charge is 0.472 e. The van der Waals surface area contributed by atoms with E-state index in [0.717, 1.165) is 83.5 Å². The van der Waals surface area contributed by atoms with Crippen LogP contribution in [0.25, 0.3) is 0 Å². The Morgan fingerprint density at radius 1 is 0.552 bits per heavy atom. The molecule has 0 heterocycles. The molecule has 0 radical (unpaired) electrons. The minimum absolute atomic E-state index is 0.0211. The molecule has 0 aromatic heterocycles. The summed E-state index contributed by atoms with van der Waals surface area (Å²) >= 11 is 0. The Hall–Kier alpha value is -2.55. The summed E-state index contributed by atoms with van der Waals surface area (Å²) in [5.74, 6) is -0.851. The van der Waals surface area contributed by atoms with Crippen LogP contribution < -0.4 is 0 Å². The predicted molar refractivity (Wildman–Crippen MR) is 242 cm³/mol. The molecular formula is C48H85NO8P+. The van der Waals surface area contributed by atoms with Gasteiger partial charge in [0.15, 0.2) is 6.10 Å². The molecular weight excluding hydrogens is 750 g/mol. The molecule has 0 aliphatic carbocycles. The van der Waals surface area contributed by atoms with Gasteiger partial charge in [-0.1, -0.05) is 145 Å². The first-order valence-electron chi connectivity index (χ1n) is 22.7. The van der Waals surface area contributed by atoms with Gasteiger partial charge >= 0.3 is 19.8 Å². The highest BCUT2D eigenvalue weighted by Crippen LogP contribution is 2.43. The molecule has 0 rings (SSSR count). The zero-order valence-corrected chi connectivity index (χ0v) is 38.4. The Morgan fingerprint density at radius 2 is 0.983 bits per heavy atom. The van der Waals surface area contributed by atoms with Crippen LogP contribution >= 0.6 is 7.82 Å². The van der Waals surface area contributed by atoms with E-state index < -0.39 is 32.5 Å². The number of ether oxygens (including phenoxy) is 2. The Morgan fingerprint density at radius 3 is 1.50 bits per heavy atom. The molecule has 334 valence electrons. The fraction of sp³-hybridized carbons (Fsp3) is 0.708. The third-order valence-corrected chi connectivity index (χ3v) is 10.2. The van der Waals surface area contributed by atoms with E-state index >= 15 is 0 Å². The normalized spacial score (nSPS) is 14.2. The fourth-order valence-corrected chi connectivity index (χ4v) is 6.42. The molecule has 0 amide bonds. The van der Waals surface area contributed by atoms with E-state index in [4.69, 9.17) is 18.5 Å². The van der Waals surface area contributed by atoms with Crippen molar-refractivity contribution in [1.82, 2.24) is 0 Å². The zero-order chi connectivity index (χ0) is 42.8. The molecule has 1 N–H and O–H groups in total. The SMILES string of the molecule is CC/C=C\C/C=C\C/C=C\C/C=C\C/C=C\CCCCCC(=O)OC[C@H](COP(=O)(O)OCC[N+](C)(C)C)OC(=O)CCCCCCC/C=C\CCCCCCCC. The molecule has 0 spiro atoms. The van der Waals surface area contributed by atoms with Gasteiger partial charge < -0.3 is 18.9 Å². The molecule has 2 atom stereocenters. The second-order valence-electron chi connectivity index (χ2n) is 16.0. The summed E-state index contributed by atoms with van der Waals surface area (Å²) in [6, 6.07) is 0. The first-order valence-corrected chi connectivity index (χ1v) is 24.2. The maximum atomic E-state index is 12.7. The van der Waals surface area contributed by atoms with Gasteiger partial charge in [0.1, 0.15) is 19.8 Å². The number of unbranched alkanes of at least 4 members (excludes halogenated alkanes) is 14. The Bertz CT molecular complexity index is 1220. The summed E-state index contributed by atoms with van der Waals surface area (Å²) < 4.78 is 34.3. The second kappa shape index (κ2) is 39.9. The number of allylic oxidation sites excluding steroid dienone is 12. The number of quaternary nitrogens is 1. The van der Waals surface area contributed by atoms with Crippen molar-refractivity contribution in [2.75, 3.05) is 47.5 Å². The van der Waals surface area contributed by atoms with Gasteiger partial charge in [-0.2, -0.15) is 0 Å². The van der Waals surface area contributed by atoms with Crippen molar-refractivity contribution in [2.24, 2.45) is 0 Å². The molecule has 0 aliphatic rings. The van der Waals surface area contributed by atoms with Crippen LogP contribution in [0.2, 0.25) is 0 Å². The molecule has 10 heteroatoms. The van der Waals surface area contributed by atoms with Crippen molar-refractivity contribution >= 4 is 19.8 Å². The van der Waals surface area contributed by atoms with Gasteiger partial charge in [0.05, 0.1) is 27.7 Å². The van der Waals surface area contributed by atoms with Crippen LogP contribution in [-0.4, -0.2) is 74.9 Å². The molecule has 0 fully saturated rings. The van der Waals surface area contributed by atoms with Crippen LogP contribution in [0.3, 0.4) is 0 Å². The quantitative estimate of drug-likeness (QED) is 0.0214. The van der Waals surface area contributed by atoms with Crippen LogP contribution in [0, 0.1) is 0 Å². The zero-order valence-electron chi connectivity index (χ0n) is 37.5. The van der Waals surface area contributed by atoms with Crippen LogP contribution in [0.4, 0.5) is 0 Å². The van der Waals surface area contributed by atoms with Crippen molar-refractivity contribution in [1.29, 1.82) is 0 Å². The van der Waals surface area contributed by atoms with E-state index in [1.54, 1.807) is 0 Å². The first-order chi connectivity index (χ1) is 28.0. The number of hydrogen-bond donors (Lipinski definition) is 1. The maximum Gasteiger partial charge on any atom is 0.472 e. The van der Waals surface area contributed by atoms with Gasteiger partial charge in [-0.05, 0) is 83.5 Å². The number of hydrogen-bond acceptors (Lipinski definition) is 7. The number of carbonyl (C=O) groups excluding carboxylic acids is 2. The molecule has 0 bridgehead atoms. The van der Waals surface area contributed by atoms with Crippen LogP contribution in [0.5, 0.6) is 0 Å². The lowest BCUT2D eigenvalue weighted by Gasteiger charge is -2.24. The average molecular weight is 835 g/mol. The molecule has 0 saturated carbocycles. The lowest BCUT2D eigenvalue weighted by molar-refractivity contribution is -0.870. The fourth-order valence-electron chi connectivity index (χ4n) is 5.68. The van der Waals surface area contributed by atoms with Gasteiger partial charge in [-0.15, -0.1) is 0 Å². The minimum atomic E-state index is -4.39. The average Bonchev–Trinajstić information content (AvgIpc) is 3.17. The number of likely N-dealkylation sites (N-methyl/N-ethyl adjacent to an activating group) is 1. The van der Waals surface area contributed by atoms with Gasteiger partial charge in [0.2, 0.25) is 0 Å².